The Labute approximate surface area is 135 Å². The van der Waals surface area contributed by atoms with Gasteiger partial charge in [-0.05, 0) is 30.2 Å². The molecule has 0 spiro atoms. The van der Waals surface area contributed by atoms with Crippen LogP contribution in [-0.2, 0) is 6.54 Å². The van der Waals surface area contributed by atoms with Crippen molar-refractivity contribution in [2.75, 3.05) is 0 Å². The van der Waals surface area contributed by atoms with Gasteiger partial charge in [0.15, 0.2) is 11.6 Å². The molecule has 4 heteroatoms. The SMILES string of the molecule is CCCn1nc(/C=C/c2ccccc2)nc1-c1ccccc1O. The van der Waals surface area contributed by atoms with E-state index in [4.69, 9.17) is 0 Å². The highest BCUT2D eigenvalue weighted by Crippen LogP contribution is 2.27. The van der Waals surface area contributed by atoms with Crippen LogP contribution in [0.1, 0.15) is 24.7 Å². The molecule has 0 aliphatic carbocycles. The monoisotopic (exact) mass is 305 g/mol. The van der Waals surface area contributed by atoms with E-state index in [0.29, 0.717) is 17.2 Å². The molecule has 0 fully saturated rings. The van der Waals surface area contributed by atoms with Crippen molar-refractivity contribution in [1.29, 1.82) is 0 Å². The Bertz CT molecular complexity index is 806. The third-order valence-corrected chi connectivity index (χ3v) is 3.49. The van der Waals surface area contributed by atoms with E-state index in [1.165, 1.54) is 0 Å². The van der Waals surface area contributed by atoms with Gasteiger partial charge in [-0.25, -0.2) is 9.67 Å². The number of benzene rings is 2. The normalized spacial score (nSPS) is 11.2. The average molecular weight is 305 g/mol. The number of aromatic nitrogens is 3. The maximum atomic E-state index is 10.1. The number of aryl methyl sites for hydroxylation is 1. The van der Waals surface area contributed by atoms with Crippen molar-refractivity contribution < 1.29 is 5.11 Å². The summed E-state index contributed by atoms with van der Waals surface area (Å²) >= 11 is 0. The highest BCUT2D eigenvalue weighted by molar-refractivity contribution is 5.69. The Morgan fingerprint density at radius 1 is 1.00 bits per heavy atom. The van der Waals surface area contributed by atoms with E-state index < -0.39 is 0 Å². The van der Waals surface area contributed by atoms with Crippen LogP contribution in [0.5, 0.6) is 5.75 Å². The lowest BCUT2D eigenvalue weighted by Gasteiger charge is -2.05. The Kier molecular flexibility index (Phi) is 4.52. The van der Waals surface area contributed by atoms with Gasteiger partial charge >= 0.3 is 0 Å². The molecule has 0 atom stereocenters. The number of aromatic hydroxyl groups is 1. The van der Waals surface area contributed by atoms with E-state index in [9.17, 15) is 5.11 Å². The van der Waals surface area contributed by atoms with Crippen LogP contribution < -0.4 is 0 Å². The summed E-state index contributed by atoms with van der Waals surface area (Å²) in [6.07, 6.45) is 4.83. The number of rotatable bonds is 5. The van der Waals surface area contributed by atoms with Gasteiger partial charge in [0.2, 0.25) is 0 Å². The van der Waals surface area contributed by atoms with Gasteiger partial charge in [0, 0.05) is 6.54 Å². The summed E-state index contributed by atoms with van der Waals surface area (Å²) in [6.45, 7) is 2.85. The number of phenolic OH excluding ortho intramolecular Hbond substituents is 1. The third kappa shape index (κ3) is 3.48. The van der Waals surface area contributed by atoms with Gasteiger partial charge < -0.3 is 5.11 Å². The molecule has 3 rings (SSSR count). The largest absolute Gasteiger partial charge is 0.507 e. The second kappa shape index (κ2) is 6.92. The highest BCUT2D eigenvalue weighted by atomic mass is 16.3. The zero-order chi connectivity index (χ0) is 16.1. The van der Waals surface area contributed by atoms with Crippen molar-refractivity contribution in [1.82, 2.24) is 14.8 Å². The molecule has 23 heavy (non-hydrogen) atoms. The Hall–Kier alpha value is -2.88. The molecule has 4 nitrogen and oxygen atoms in total. The molecule has 3 aromatic rings. The molecule has 1 N–H and O–H groups in total. The molecule has 0 saturated heterocycles. The van der Waals surface area contributed by atoms with Crippen molar-refractivity contribution in [2.24, 2.45) is 0 Å². The van der Waals surface area contributed by atoms with Crippen molar-refractivity contribution in [3.63, 3.8) is 0 Å². The van der Waals surface area contributed by atoms with Crippen LogP contribution in [0, 0.1) is 0 Å². The summed E-state index contributed by atoms with van der Waals surface area (Å²) in [4.78, 5) is 4.58. The molecule has 1 heterocycles. The minimum absolute atomic E-state index is 0.218. The van der Waals surface area contributed by atoms with Crippen LogP contribution in [-0.4, -0.2) is 19.9 Å². The molecule has 0 unspecified atom stereocenters. The lowest BCUT2D eigenvalue weighted by atomic mass is 10.2. The maximum Gasteiger partial charge on any atom is 0.174 e. The van der Waals surface area contributed by atoms with E-state index in [1.807, 2.05) is 59.3 Å². The quantitative estimate of drug-likeness (QED) is 0.767. The Balaban J connectivity index is 1.96. The van der Waals surface area contributed by atoms with Gasteiger partial charge in [-0.3, -0.25) is 0 Å². The van der Waals surface area contributed by atoms with E-state index in [-0.39, 0.29) is 5.75 Å². The summed E-state index contributed by atoms with van der Waals surface area (Å²) in [5.74, 6) is 1.55. The van der Waals surface area contributed by atoms with Crippen molar-refractivity contribution in [3.8, 4) is 17.1 Å². The van der Waals surface area contributed by atoms with Gasteiger partial charge in [0.25, 0.3) is 0 Å². The van der Waals surface area contributed by atoms with Gasteiger partial charge in [0.1, 0.15) is 5.75 Å². The molecule has 0 amide bonds. The summed E-state index contributed by atoms with van der Waals surface area (Å²) in [5, 5.41) is 14.6. The van der Waals surface area contributed by atoms with Gasteiger partial charge in [-0.2, -0.15) is 5.10 Å². The topological polar surface area (TPSA) is 50.9 Å². The standard InChI is InChI=1S/C19H19N3O/c1-2-14-22-19(16-10-6-7-11-17(16)23)20-18(21-22)13-12-15-8-4-3-5-9-15/h3-13,23H,2,14H2,1H3/b13-12+. The Morgan fingerprint density at radius 3 is 2.48 bits per heavy atom. The van der Waals surface area contributed by atoms with Crippen molar-refractivity contribution in [2.45, 2.75) is 19.9 Å². The Morgan fingerprint density at radius 2 is 1.74 bits per heavy atom. The molecule has 0 bridgehead atoms. The molecule has 0 saturated carbocycles. The van der Waals surface area contributed by atoms with Crippen LogP contribution in [0.25, 0.3) is 23.5 Å². The zero-order valence-electron chi connectivity index (χ0n) is 13.1. The fourth-order valence-electron chi connectivity index (χ4n) is 2.39. The molecule has 0 aliphatic heterocycles. The molecule has 2 aromatic carbocycles. The lowest BCUT2D eigenvalue weighted by Crippen LogP contribution is -2.01. The van der Waals surface area contributed by atoms with Crippen LogP contribution in [0.4, 0.5) is 0 Å². The predicted octanol–water partition coefficient (Wildman–Crippen LogP) is 4.23. The van der Waals surface area contributed by atoms with Crippen molar-refractivity contribution >= 4 is 12.2 Å². The summed E-state index contributed by atoms with van der Waals surface area (Å²) in [7, 11) is 0. The molecule has 0 radical (unpaired) electrons. The molecular weight excluding hydrogens is 286 g/mol. The van der Waals surface area contributed by atoms with Gasteiger partial charge in [-0.15, -0.1) is 0 Å². The first-order valence-electron chi connectivity index (χ1n) is 7.74. The molecular formula is C19H19N3O. The summed E-state index contributed by atoms with van der Waals surface area (Å²) in [6, 6.07) is 17.3. The minimum Gasteiger partial charge on any atom is -0.507 e. The van der Waals surface area contributed by atoms with E-state index in [0.717, 1.165) is 18.5 Å². The lowest BCUT2D eigenvalue weighted by molar-refractivity contribution is 0.475. The van der Waals surface area contributed by atoms with Crippen LogP contribution in [0.3, 0.4) is 0 Å². The highest BCUT2D eigenvalue weighted by Gasteiger charge is 2.13. The summed E-state index contributed by atoms with van der Waals surface area (Å²) in [5.41, 5.74) is 1.80. The maximum absolute atomic E-state index is 10.1. The van der Waals surface area contributed by atoms with E-state index in [2.05, 4.69) is 17.0 Å². The summed E-state index contributed by atoms with van der Waals surface area (Å²) < 4.78 is 1.85. The van der Waals surface area contributed by atoms with Gasteiger partial charge in [-0.1, -0.05) is 55.5 Å². The van der Waals surface area contributed by atoms with Crippen LogP contribution >= 0.6 is 0 Å². The molecule has 1 aromatic heterocycles. The smallest absolute Gasteiger partial charge is 0.174 e. The second-order valence-electron chi connectivity index (χ2n) is 5.28. The average Bonchev–Trinajstić information content (AvgIpc) is 2.97. The number of para-hydroxylation sites is 1. The second-order valence-corrected chi connectivity index (χ2v) is 5.28. The van der Waals surface area contributed by atoms with Crippen LogP contribution in [0.15, 0.2) is 54.6 Å². The number of hydrogen-bond donors (Lipinski definition) is 1. The zero-order valence-corrected chi connectivity index (χ0v) is 13.1. The fourth-order valence-corrected chi connectivity index (χ4v) is 2.39. The van der Waals surface area contributed by atoms with Crippen LogP contribution in [0.2, 0.25) is 0 Å². The fraction of sp³-hybridized carbons (Fsp3) is 0.158. The van der Waals surface area contributed by atoms with E-state index in [1.54, 1.807) is 12.1 Å². The number of hydrogen-bond acceptors (Lipinski definition) is 3. The first kappa shape index (κ1) is 15.0. The van der Waals surface area contributed by atoms with Crippen molar-refractivity contribution in [3.05, 3.63) is 66.0 Å². The predicted molar refractivity (Wildman–Crippen MR) is 92.8 cm³/mol. The minimum atomic E-state index is 0.218. The first-order valence-corrected chi connectivity index (χ1v) is 7.74. The number of nitrogens with zero attached hydrogens (tertiary/aromatic N) is 3. The molecule has 0 aliphatic rings. The first-order chi connectivity index (χ1) is 11.3. The third-order valence-electron chi connectivity index (χ3n) is 3.49. The molecule has 116 valence electrons. The van der Waals surface area contributed by atoms with Gasteiger partial charge in [0.05, 0.1) is 5.56 Å². The number of phenols is 1. The van der Waals surface area contributed by atoms with E-state index >= 15 is 0 Å².